The molecule has 10 heteroatoms. The molecule has 2 atom stereocenters. The van der Waals surface area contributed by atoms with Gasteiger partial charge in [-0.1, -0.05) is 16.5 Å². The van der Waals surface area contributed by atoms with Gasteiger partial charge in [0.15, 0.2) is 5.13 Å². The van der Waals surface area contributed by atoms with Gasteiger partial charge in [-0.2, -0.15) is 0 Å². The minimum atomic E-state index is -1.17. The number of carbonyl (C=O) groups excluding carboxylic acids is 1. The molecule has 0 fully saturated rings. The first-order valence-electron chi connectivity index (χ1n) is 6.55. The molecule has 1 rings (SSSR count). The summed E-state index contributed by atoms with van der Waals surface area (Å²) in [7, 11) is 0. The molecule has 0 radical (unpaired) electrons. The molecule has 0 aromatic carbocycles. The van der Waals surface area contributed by atoms with E-state index in [1.807, 2.05) is 0 Å². The number of aliphatic hydroxyl groups excluding tert-OH is 2. The fourth-order valence-corrected chi connectivity index (χ4v) is 2.30. The van der Waals surface area contributed by atoms with Crippen molar-refractivity contribution in [3.8, 4) is 0 Å². The lowest BCUT2D eigenvalue weighted by molar-refractivity contribution is 0.0170. The summed E-state index contributed by atoms with van der Waals surface area (Å²) in [5.41, 5.74) is 7.53. The number of thiazole rings is 1. The van der Waals surface area contributed by atoms with Crippen molar-refractivity contribution in [1.29, 1.82) is 0 Å². The molecule has 2 unspecified atom stereocenters. The molecule has 3 N–H and O–H groups in total. The number of rotatable bonds is 6. The van der Waals surface area contributed by atoms with Crippen molar-refractivity contribution < 1.29 is 19.7 Å². The minimum absolute atomic E-state index is 0.0799. The number of carbonyl (C=O) groups is 1. The Balaban J connectivity index is 2.59. The average molecular weight is 329 g/mol. The monoisotopic (exact) mass is 329 g/mol. The Bertz CT molecular complexity index is 550. The van der Waals surface area contributed by atoms with E-state index in [2.05, 4.69) is 20.3 Å². The zero-order valence-electron chi connectivity index (χ0n) is 12.6. The second kappa shape index (κ2) is 7.95. The van der Waals surface area contributed by atoms with Crippen molar-refractivity contribution in [2.24, 2.45) is 5.11 Å². The van der Waals surface area contributed by atoms with Gasteiger partial charge in [0.1, 0.15) is 11.7 Å². The fraction of sp³-hybridized carbons (Fsp3) is 0.667. The van der Waals surface area contributed by atoms with Gasteiger partial charge in [0.05, 0.1) is 11.0 Å². The summed E-state index contributed by atoms with van der Waals surface area (Å²) in [6, 6.07) is 0. The fourth-order valence-electron chi connectivity index (χ4n) is 1.45. The topological polar surface area (TPSA) is 140 Å². The average Bonchev–Trinajstić information content (AvgIpc) is 2.84. The van der Waals surface area contributed by atoms with Crippen molar-refractivity contribution in [2.45, 2.75) is 45.0 Å². The lowest BCUT2D eigenvalue weighted by atomic mass is 10.1. The molecule has 0 spiro atoms. The van der Waals surface area contributed by atoms with Crippen LogP contribution >= 0.6 is 11.3 Å². The smallest absolute Gasteiger partial charge is 0.413 e. The summed E-state index contributed by atoms with van der Waals surface area (Å²) in [4.78, 5) is 18.5. The third-order valence-corrected chi connectivity index (χ3v) is 3.36. The molecule has 1 amide bonds. The molecule has 1 aromatic rings. The van der Waals surface area contributed by atoms with E-state index < -0.39 is 23.9 Å². The summed E-state index contributed by atoms with van der Waals surface area (Å²) in [5.74, 6) is 0. The Labute approximate surface area is 131 Å². The Kier molecular flexibility index (Phi) is 6.57. The number of amides is 1. The third-order valence-electron chi connectivity index (χ3n) is 2.38. The predicted octanol–water partition coefficient (Wildman–Crippen LogP) is 2.58. The largest absolute Gasteiger partial charge is 0.444 e. The molecule has 0 aliphatic rings. The Morgan fingerprint density at radius 2 is 2.27 bits per heavy atom. The first-order chi connectivity index (χ1) is 10.2. The van der Waals surface area contributed by atoms with E-state index in [1.54, 1.807) is 20.8 Å². The van der Waals surface area contributed by atoms with Crippen molar-refractivity contribution in [3.63, 3.8) is 0 Å². The summed E-state index contributed by atoms with van der Waals surface area (Å²) >= 11 is 1.03. The zero-order valence-corrected chi connectivity index (χ0v) is 13.4. The van der Waals surface area contributed by atoms with Gasteiger partial charge < -0.3 is 14.9 Å². The zero-order chi connectivity index (χ0) is 16.8. The molecule has 9 nitrogen and oxygen atoms in total. The third kappa shape index (κ3) is 6.27. The highest BCUT2D eigenvalue weighted by Crippen LogP contribution is 2.28. The van der Waals surface area contributed by atoms with E-state index >= 15 is 0 Å². The van der Waals surface area contributed by atoms with Crippen LogP contribution in [0.2, 0.25) is 0 Å². The van der Waals surface area contributed by atoms with Gasteiger partial charge in [0.25, 0.3) is 0 Å². The molecule has 1 heterocycles. The normalized spacial score (nSPS) is 13.9. The van der Waals surface area contributed by atoms with Gasteiger partial charge in [-0.15, -0.1) is 0 Å². The molecular weight excluding hydrogens is 310 g/mol. The lowest BCUT2D eigenvalue weighted by Crippen LogP contribution is -2.27. The van der Waals surface area contributed by atoms with Crippen LogP contribution in [0.15, 0.2) is 11.3 Å². The first kappa shape index (κ1) is 18.2. The highest BCUT2D eigenvalue weighted by Gasteiger charge is 2.22. The van der Waals surface area contributed by atoms with E-state index in [1.165, 1.54) is 6.20 Å². The molecule has 22 heavy (non-hydrogen) atoms. The number of nitrogens with zero attached hydrogens (tertiary/aromatic N) is 4. The number of azide groups is 1. The highest BCUT2D eigenvalue weighted by molar-refractivity contribution is 7.15. The molecule has 0 aliphatic carbocycles. The quantitative estimate of drug-likeness (QED) is 0.418. The van der Waals surface area contributed by atoms with Crippen LogP contribution in [-0.2, 0) is 4.74 Å². The Morgan fingerprint density at radius 1 is 1.59 bits per heavy atom. The predicted molar refractivity (Wildman–Crippen MR) is 81.6 cm³/mol. The summed E-state index contributed by atoms with van der Waals surface area (Å²) in [6.45, 7) is 5.30. The van der Waals surface area contributed by atoms with Crippen LogP contribution in [0.5, 0.6) is 0 Å². The Morgan fingerprint density at radius 3 is 2.86 bits per heavy atom. The lowest BCUT2D eigenvalue weighted by Gasteiger charge is -2.19. The van der Waals surface area contributed by atoms with Crippen LogP contribution in [0.3, 0.4) is 0 Å². The maximum absolute atomic E-state index is 11.6. The summed E-state index contributed by atoms with van der Waals surface area (Å²) < 4.78 is 5.08. The number of ether oxygens (including phenoxy) is 1. The molecule has 1 aromatic heterocycles. The molecular formula is C12H19N5O4S. The van der Waals surface area contributed by atoms with Crippen LogP contribution in [-0.4, -0.2) is 39.5 Å². The van der Waals surface area contributed by atoms with E-state index in [0.29, 0.717) is 4.88 Å². The maximum Gasteiger partial charge on any atom is 0.413 e. The first-order valence-corrected chi connectivity index (χ1v) is 7.37. The van der Waals surface area contributed by atoms with Gasteiger partial charge >= 0.3 is 6.09 Å². The van der Waals surface area contributed by atoms with E-state index in [4.69, 9.17) is 10.3 Å². The maximum atomic E-state index is 11.6. The van der Waals surface area contributed by atoms with Gasteiger partial charge in [-0.05, 0) is 32.7 Å². The van der Waals surface area contributed by atoms with Gasteiger partial charge in [-0.25, -0.2) is 9.78 Å². The van der Waals surface area contributed by atoms with Gasteiger partial charge in [-0.3, -0.25) is 5.32 Å². The van der Waals surface area contributed by atoms with Crippen molar-refractivity contribution in [3.05, 3.63) is 21.5 Å². The molecule has 0 aliphatic heterocycles. The highest BCUT2D eigenvalue weighted by atomic mass is 32.1. The number of hydrogen-bond acceptors (Lipinski definition) is 7. The van der Waals surface area contributed by atoms with Crippen LogP contribution in [0.4, 0.5) is 9.93 Å². The number of nitrogens with one attached hydrogen (secondary N) is 1. The van der Waals surface area contributed by atoms with Crippen LogP contribution < -0.4 is 5.32 Å². The van der Waals surface area contributed by atoms with Crippen molar-refractivity contribution in [1.82, 2.24) is 4.98 Å². The molecule has 0 saturated carbocycles. The molecule has 122 valence electrons. The second-order valence-corrected chi connectivity index (χ2v) is 6.51. The second-order valence-electron chi connectivity index (χ2n) is 5.45. The van der Waals surface area contributed by atoms with E-state index in [-0.39, 0.29) is 18.1 Å². The Hall–Kier alpha value is -1.87. The number of anilines is 1. The standard InChI is InChI=1S/C12H19N5O4S/c1-12(2,3)21-11(20)16-10-14-6-8(22-10)9(19)7(18)4-5-15-17-13/h6-7,9,18-19H,4-5H2,1-3H3,(H,14,16,20). The SMILES string of the molecule is CC(C)(C)OC(=O)Nc1ncc(C(O)C(O)CCN=[N+]=[N-])s1. The van der Waals surface area contributed by atoms with Crippen molar-refractivity contribution >= 4 is 22.6 Å². The summed E-state index contributed by atoms with van der Waals surface area (Å²) in [6.07, 6.45) is -1.41. The summed E-state index contributed by atoms with van der Waals surface area (Å²) in [5, 5.41) is 25.7. The number of aliphatic hydroxyl groups is 2. The minimum Gasteiger partial charge on any atom is -0.444 e. The van der Waals surface area contributed by atoms with E-state index in [0.717, 1.165) is 11.3 Å². The number of aromatic nitrogens is 1. The molecule has 0 saturated heterocycles. The number of hydrogen-bond donors (Lipinski definition) is 3. The van der Waals surface area contributed by atoms with Crippen molar-refractivity contribution in [2.75, 3.05) is 11.9 Å². The van der Waals surface area contributed by atoms with E-state index in [9.17, 15) is 15.0 Å². The van der Waals surface area contributed by atoms with Crippen LogP contribution in [0.25, 0.3) is 10.4 Å². The van der Waals surface area contributed by atoms with Gasteiger partial charge in [0, 0.05) is 17.7 Å². The molecule has 0 bridgehead atoms. The van der Waals surface area contributed by atoms with Gasteiger partial charge in [0.2, 0.25) is 0 Å². The van der Waals surface area contributed by atoms with Crippen LogP contribution in [0, 0.1) is 0 Å². The van der Waals surface area contributed by atoms with Crippen LogP contribution in [0.1, 0.15) is 38.2 Å².